The summed E-state index contributed by atoms with van der Waals surface area (Å²) in [4.78, 5) is 0. The highest BCUT2D eigenvalue weighted by molar-refractivity contribution is 5.41. The molecule has 0 aliphatic heterocycles. The molecule has 0 fully saturated rings. The van der Waals surface area contributed by atoms with Crippen molar-refractivity contribution in [1.82, 2.24) is 0 Å². The molecule has 3 nitrogen and oxygen atoms in total. The fourth-order valence-corrected chi connectivity index (χ4v) is 2.32. The zero-order valence-corrected chi connectivity index (χ0v) is 11.5. The van der Waals surface area contributed by atoms with Gasteiger partial charge in [-0.05, 0) is 37.5 Å². The number of rotatable bonds is 1. The van der Waals surface area contributed by atoms with Crippen LogP contribution in [0.1, 0.15) is 34.1 Å². The third-order valence-corrected chi connectivity index (χ3v) is 3.55. The third-order valence-electron chi connectivity index (χ3n) is 3.55. The van der Waals surface area contributed by atoms with Crippen molar-refractivity contribution in [2.75, 3.05) is 6.61 Å². The molecule has 1 aliphatic carbocycles. The van der Waals surface area contributed by atoms with Crippen molar-refractivity contribution < 1.29 is 15.3 Å². The van der Waals surface area contributed by atoms with Crippen LogP contribution in [0.15, 0.2) is 23.3 Å². The van der Waals surface area contributed by atoms with Crippen molar-refractivity contribution in [2.24, 2.45) is 5.41 Å². The van der Waals surface area contributed by atoms with Gasteiger partial charge in [-0.1, -0.05) is 31.8 Å². The lowest BCUT2D eigenvalue weighted by atomic mass is 9.64. The van der Waals surface area contributed by atoms with E-state index >= 15 is 0 Å². The molecule has 0 spiro atoms. The van der Waals surface area contributed by atoms with Gasteiger partial charge in [0.1, 0.15) is 0 Å². The number of hydrogen-bond acceptors (Lipinski definition) is 3. The van der Waals surface area contributed by atoms with Gasteiger partial charge in [0.25, 0.3) is 0 Å². The molecule has 3 N–H and O–H groups in total. The zero-order chi connectivity index (χ0) is 14.0. The summed E-state index contributed by atoms with van der Waals surface area (Å²) in [7, 11) is 0. The van der Waals surface area contributed by atoms with Crippen LogP contribution in [0.4, 0.5) is 0 Å². The first-order chi connectivity index (χ1) is 8.23. The van der Waals surface area contributed by atoms with Gasteiger partial charge in [-0.15, -0.1) is 0 Å². The van der Waals surface area contributed by atoms with Crippen LogP contribution in [0.3, 0.4) is 0 Å². The average Bonchev–Trinajstić information content (AvgIpc) is 2.23. The van der Waals surface area contributed by atoms with E-state index in [1.165, 1.54) is 0 Å². The molecule has 3 heteroatoms. The Morgan fingerprint density at radius 2 is 2.17 bits per heavy atom. The van der Waals surface area contributed by atoms with E-state index in [0.717, 1.165) is 5.57 Å². The lowest BCUT2D eigenvalue weighted by molar-refractivity contribution is -0.0220. The third kappa shape index (κ3) is 2.84. The highest BCUT2D eigenvalue weighted by Crippen LogP contribution is 2.43. The first kappa shape index (κ1) is 15.0. The maximum atomic E-state index is 10.8. The Morgan fingerprint density at radius 1 is 1.56 bits per heavy atom. The first-order valence-electron chi connectivity index (χ1n) is 6.13. The van der Waals surface area contributed by atoms with Gasteiger partial charge in [-0.25, -0.2) is 0 Å². The Kier molecular flexibility index (Phi) is 4.39. The predicted molar refractivity (Wildman–Crippen MR) is 71.7 cm³/mol. The normalized spacial score (nSPS) is 31.4. The number of allylic oxidation sites excluding steroid dienone is 1. The van der Waals surface area contributed by atoms with E-state index < -0.39 is 17.1 Å². The van der Waals surface area contributed by atoms with E-state index in [1.807, 2.05) is 13.8 Å². The second-order valence-electron chi connectivity index (χ2n) is 5.54. The summed E-state index contributed by atoms with van der Waals surface area (Å²) in [5.41, 5.74) is -0.356. The van der Waals surface area contributed by atoms with Gasteiger partial charge in [-0.2, -0.15) is 0 Å². The molecule has 100 valence electrons. The summed E-state index contributed by atoms with van der Waals surface area (Å²) < 4.78 is 0. The molecule has 2 atom stereocenters. The molecule has 0 aromatic carbocycles. The summed E-state index contributed by atoms with van der Waals surface area (Å²) in [5.74, 6) is 5.76. The molecular weight excluding hydrogens is 228 g/mol. The molecule has 1 aliphatic rings. The number of hydrogen-bond donors (Lipinski definition) is 3. The first-order valence-corrected chi connectivity index (χ1v) is 6.13. The standard InChI is InChI=1S/C15H22O3/c1-11(6-8-16)5-7-15(18)12(2)9-13(17)10-14(15,3)4/h6,9,13,16-18H,8,10H2,1-4H3. The van der Waals surface area contributed by atoms with Crippen LogP contribution in [0, 0.1) is 17.3 Å². The smallest absolute Gasteiger partial charge is 0.152 e. The molecule has 1 rings (SSSR count). The molecule has 0 amide bonds. The summed E-state index contributed by atoms with van der Waals surface area (Å²) >= 11 is 0. The van der Waals surface area contributed by atoms with Crippen LogP contribution in [0.2, 0.25) is 0 Å². The van der Waals surface area contributed by atoms with E-state index in [-0.39, 0.29) is 6.61 Å². The summed E-state index contributed by atoms with van der Waals surface area (Å²) in [6.07, 6.45) is 3.19. The predicted octanol–water partition coefficient (Wildman–Crippen LogP) is 1.40. The summed E-state index contributed by atoms with van der Waals surface area (Å²) in [6, 6.07) is 0. The topological polar surface area (TPSA) is 60.7 Å². The van der Waals surface area contributed by atoms with Crippen LogP contribution in [-0.4, -0.2) is 33.6 Å². The van der Waals surface area contributed by atoms with Crippen LogP contribution in [-0.2, 0) is 0 Å². The Morgan fingerprint density at radius 3 is 2.67 bits per heavy atom. The zero-order valence-electron chi connectivity index (χ0n) is 11.5. The van der Waals surface area contributed by atoms with Crippen molar-refractivity contribution in [3.8, 4) is 11.8 Å². The highest BCUT2D eigenvalue weighted by atomic mass is 16.3. The van der Waals surface area contributed by atoms with Crippen molar-refractivity contribution in [3.05, 3.63) is 23.3 Å². The fraction of sp³-hybridized carbons (Fsp3) is 0.600. The van der Waals surface area contributed by atoms with Gasteiger partial charge >= 0.3 is 0 Å². The van der Waals surface area contributed by atoms with Crippen LogP contribution in [0.5, 0.6) is 0 Å². The SMILES string of the molecule is CC(C#CC1(O)C(C)=CC(O)CC1(C)C)=CCO. The molecule has 0 aromatic heterocycles. The Hall–Kier alpha value is -1.08. The fourth-order valence-electron chi connectivity index (χ4n) is 2.32. The van der Waals surface area contributed by atoms with E-state index in [4.69, 9.17) is 5.11 Å². The van der Waals surface area contributed by atoms with Crippen LogP contribution < -0.4 is 0 Å². The van der Waals surface area contributed by atoms with Crippen LogP contribution >= 0.6 is 0 Å². The maximum Gasteiger partial charge on any atom is 0.152 e. The minimum atomic E-state index is -1.24. The van der Waals surface area contributed by atoms with Crippen molar-refractivity contribution >= 4 is 0 Å². The molecule has 18 heavy (non-hydrogen) atoms. The largest absolute Gasteiger partial charge is 0.392 e. The van der Waals surface area contributed by atoms with Gasteiger partial charge in [-0.3, -0.25) is 0 Å². The molecule has 0 heterocycles. The average molecular weight is 250 g/mol. The van der Waals surface area contributed by atoms with Crippen molar-refractivity contribution in [1.29, 1.82) is 0 Å². The molecule has 0 saturated carbocycles. The van der Waals surface area contributed by atoms with E-state index in [9.17, 15) is 10.2 Å². The molecule has 0 saturated heterocycles. The van der Waals surface area contributed by atoms with E-state index in [0.29, 0.717) is 12.0 Å². The summed E-state index contributed by atoms with van der Waals surface area (Å²) in [5, 5.41) is 29.3. The van der Waals surface area contributed by atoms with Gasteiger partial charge < -0.3 is 15.3 Å². The van der Waals surface area contributed by atoms with Crippen molar-refractivity contribution in [3.63, 3.8) is 0 Å². The molecule has 0 aromatic rings. The minimum absolute atomic E-state index is 0.0597. The van der Waals surface area contributed by atoms with Crippen LogP contribution in [0.25, 0.3) is 0 Å². The lowest BCUT2D eigenvalue weighted by Crippen LogP contribution is -2.49. The molecule has 0 radical (unpaired) electrons. The van der Waals surface area contributed by atoms with E-state index in [1.54, 1.807) is 26.0 Å². The summed E-state index contributed by atoms with van der Waals surface area (Å²) in [6.45, 7) is 7.30. The molecule has 2 unspecified atom stereocenters. The lowest BCUT2D eigenvalue weighted by Gasteiger charge is -2.44. The Balaban J connectivity index is 3.17. The van der Waals surface area contributed by atoms with Gasteiger partial charge in [0.2, 0.25) is 0 Å². The maximum absolute atomic E-state index is 10.8. The highest BCUT2D eigenvalue weighted by Gasteiger charge is 2.47. The van der Waals surface area contributed by atoms with Gasteiger partial charge in [0.05, 0.1) is 12.7 Å². The molecule has 0 bridgehead atoms. The second-order valence-corrected chi connectivity index (χ2v) is 5.54. The number of aliphatic hydroxyl groups is 3. The Labute approximate surface area is 109 Å². The van der Waals surface area contributed by atoms with Gasteiger partial charge in [0.15, 0.2) is 5.60 Å². The second kappa shape index (κ2) is 5.27. The number of aliphatic hydroxyl groups excluding tert-OH is 2. The van der Waals surface area contributed by atoms with Gasteiger partial charge in [0, 0.05) is 5.41 Å². The Bertz CT molecular complexity index is 434. The van der Waals surface area contributed by atoms with E-state index in [2.05, 4.69) is 11.8 Å². The quantitative estimate of drug-likeness (QED) is 0.487. The minimum Gasteiger partial charge on any atom is -0.392 e. The molecular formula is C15H22O3. The monoisotopic (exact) mass is 250 g/mol. The van der Waals surface area contributed by atoms with Crippen molar-refractivity contribution in [2.45, 2.75) is 45.8 Å².